The summed E-state index contributed by atoms with van der Waals surface area (Å²) in [5.41, 5.74) is 8.56. The lowest BCUT2D eigenvalue weighted by molar-refractivity contribution is -0.0522. The zero-order chi connectivity index (χ0) is 21.8. The number of ether oxygens (including phenoxy) is 2. The van der Waals surface area contributed by atoms with Gasteiger partial charge in [-0.1, -0.05) is 30.2 Å². The van der Waals surface area contributed by atoms with Crippen LogP contribution < -0.4 is 11.2 Å². The predicted molar refractivity (Wildman–Crippen MR) is 105 cm³/mol. The number of carbonyl (C=O) groups is 1. The van der Waals surface area contributed by atoms with Crippen molar-refractivity contribution in [2.75, 3.05) is 6.61 Å². The van der Waals surface area contributed by atoms with Crippen molar-refractivity contribution in [2.45, 2.75) is 44.7 Å². The molecule has 0 aliphatic carbocycles. The Morgan fingerprint density at radius 2 is 2.20 bits per heavy atom. The molecule has 1 aliphatic heterocycles. The molecule has 0 bridgehead atoms. The van der Waals surface area contributed by atoms with Crippen molar-refractivity contribution in [1.29, 1.82) is 0 Å². The third-order valence-electron chi connectivity index (χ3n) is 4.93. The van der Waals surface area contributed by atoms with Gasteiger partial charge in [-0.25, -0.2) is 9.59 Å². The smallest absolute Gasteiger partial charge is 0.338 e. The normalized spacial score (nSPS) is 21.6. The lowest BCUT2D eigenvalue weighted by Crippen LogP contribution is -2.33. The fraction of sp³-hybridized carbons (Fsp3) is 0.421. The average Bonchev–Trinajstić information content (AvgIpc) is 3.13. The number of aliphatic hydroxyl groups is 1. The summed E-state index contributed by atoms with van der Waals surface area (Å²) in [5.74, 6) is -0.664. The molecule has 11 heteroatoms. The highest BCUT2D eigenvalue weighted by Crippen LogP contribution is 2.31. The quantitative estimate of drug-likeness (QED) is 0.316. The number of aliphatic hydroxyl groups excluding tert-OH is 1. The number of hydrogen-bond donors (Lipinski definition) is 2. The van der Waals surface area contributed by atoms with E-state index in [0.717, 1.165) is 0 Å². The molecule has 0 spiro atoms. The number of nitrogens with zero attached hydrogens (tertiary/aromatic N) is 4. The van der Waals surface area contributed by atoms with Crippen LogP contribution in [0.4, 0.5) is 0 Å². The van der Waals surface area contributed by atoms with Crippen LogP contribution in [0, 0.1) is 6.92 Å². The van der Waals surface area contributed by atoms with Gasteiger partial charge in [0.1, 0.15) is 18.4 Å². The Balaban J connectivity index is 1.83. The van der Waals surface area contributed by atoms with E-state index in [-0.39, 0.29) is 12.0 Å². The first-order valence-corrected chi connectivity index (χ1v) is 9.28. The van der Waals surface area contributed by atoms with Crippen LogP contribution >= 0.6 is 0 Å². The molecule has 0 saturated carbocycles. The Hall–Kier alpha value is -3.40. The number of azide groups is 1. The van der Waals surface area contributed by atoms with E-state index in [1.807, 2.05) is 0 Å². The Morgan fingerprint density at radius 1 is 1.47 bits per heavy atom. The lowest BCUT2D eigenvalue weighted by atomic mass is 10.0. The van der Waals surface area contributed by atoms with Crippen molar-refractivity contribution < 1.29 is 19.4 Å². The Kier molecular flexibility index (Phi) is 6.36. The summed E-state index contributed by atoms with van der Waals surface area (Å²) >= 11 is 0. The lowest BCUT2D eigenvalue weighted by Gasteiger charge is -2.18. The van der Waals surface area contributed by atoms with E-state index in [1.54, 1.807) is 38.1 Å². The van der Waals surface area contributed by atoms with E-state index in [9.17, 15) is 19.5 Å². The molecule has 158 valence electrons. The number of aromatic nitrogens is 2. The van der Waals surface area contributed by atoms with Gasteiger partial charge in [0.15, 0.2) is 0 Å². The average molecular weight is 415 g/mol. The molecule has 3 rings (SSSR count). The van der Waals surface area contributed by atoms with Gasteiger partial charge in [0.25, 0.3) is 5.56 Å². The number of rotatable bonds is 6. The predicted octanol–water partition coefficient (Wildman–Crippen LogP) is 1.72. The molecule has 1 saturated heterocycles. The van der Waals surface area contributed by atoms with Crippen LogP contribution in [0.1, 0.15) is 47.1 Å². The van der Waals surface area contributed by atoms with Gasteiger partial charge in [0, 0.05) is 23.1 Å². The third kappa shape index (κ3) is 4.28. The molecule has 4 atom stereocenters. The van der Waals surface area contributed by atoms with Crippen LogP contribution in [0.15, 0.2) is 45.2 Å². The van der Waals surface area contributed by atoms with Gasteiger partial charge in [-0.15, -0.1) is 0 Å². The molecule has 1 unspecified atom stereocenters. The van der Waals surface area contributed by atoms with Crippen molar-refractivity contribution >= 4 is 5.97 Å². The zero-order valence-electron chi connectivity index (χ0n) is 16.4. The van der Waals surface area contributed by atoms with Crippen molar-refractivity contribution in [1.82, 2.24) is 9.55 Å². The Labute approximate surface area is 170 Å². The summed E-state index contributed by atoms with van der Waals surface area (Å²) in [6.07, 6.45) is -1.02. The van der Waals surface area contributed by atoms with Crippen LogP contribution in [-0.4, -0.2) is 39.4 Å². The maximum Gasteiger partial charge on any atom is 0.338 e. The molecule has 2 N–H and O–H groups in total. The number of aryl methyl sites for hydroxylation is 1. The molecule has 1 aromatic heterocycles. The number of nitrogens with one attached hydrogen (secondary N) is 1. The highest BCUT2D eigenvalue weighted by atomic mass is 16.6. The topological polar surface area (TPSA) is 159 Å². The molecular weight excluding hydrogens is 394 g/mol. The molecule has 0 radical (unpaired) electrons. The minimum Gasteiger partial charge on any atom is -0.456 e. The van der Waals surface area contributed by atoms with Gasteiger partial charge in [-0.3, -0.25) is 14.3 Å². The fourth-order valence-corrected chi connectivity index (χ4v) is 3.35. The minimum absolute atomic E-state index is 0.108. The van der Waals surface area contributed by atoms with Gasteiger partial charge in [0.2, 0.25) is 0 Å². The number of benzene rings is 1. The second kappa shape index (κ2) is 8.95. The third-order valence-corrected chi connectivity index (χ3v) is 4.93. The first kappa shape index (κ1) is 21.3. The van der Waals surface area contributed by atoms with E-state index in [1.165, 1.54) is 10.8 Å². The fourth-order valence-electron chi connectivity index (χ4n) is 3.35. The summed E-state index contributed by atoms with van der Waals surface area (Å²) in [5, 5.41) is 13.3. The number of carbonyl (C=O) groups excluding carboxylic acids is 1. The molecule has 1 aliphatic rings. The van der Waals surface area contributed by atoms with Crippen LogP contribution in [0.2, 0.25) is 0 Å². The summed E-state index contributed by atoms with van der Waals surface area (Å²) in [6.45, 7) is 2.77. The second-order valence-corrected chi connectivity index (χ2v) is 6.94. The highest BCUT2D eigenvalue weighted by molar-refractivity contribution is 5.91. The maximum atomic E-state index is 12.8. The van der Waals surface area contributed by atoms with Gasteiger partial charge in [-0.2, -0.15) is 0 Å². The molecule has 1 fully saturated rings. The number of hydrogen-bond acceptors (Lipinski definition) is 7. The standard InChI is InChI=1S/C19H21N5O6/c1-10-8-24(19(28)21-17(10)26)16-7-14(15(9-25)29-16)30-18(27)13-6-4-3-5-12(13)11(2)22-23-20/h3-6,8,11,14-16,25H,7,9H2,1-2H3,(H,21,26,28)/t11?,14-,15-,16-/m1/s1. The van der Waals surface area contributed by atoms with Crippen LogP contribution in [0.5, 0.6) is 0 Å². The van der Waals surface area contributed by atoms with Crippen molar-refractivity contribution in [2.24, 2.45) is 5.11 Å². The highest BCUT2D eigenvalue weighted by Gasteiger charge is 2.39. The zero-order valence-corrected chi connectivity index (χ0v) is 16.4. The van der Waals surface area contributed by atoms with E-state index in [2.05, 4.69) is 15.0 Å². The monoisotopic (exact) mass is 415 g/mol. The number of esters is 1. The Bertz CT molecular complexity index is 1100. The SMILES string of the molecule is Cc1cn([C@H]2C[C@@H](OC(=O)c3ccccc3C(C)N=[N+]=[N-])[C@@H](CO)O2)c(=O)[nH]c1=O. The van der Waals surface area contributed by atoms with Gasteiger partial charge < -0.3 is 14.6 Å². The molecule has 1 aromatic carbocycles. The molecule has 11 nitrogen and oxygen atoms in total. The van der Waals surface area contributed by atoms with E-state index in [4.69, 9.17) is 15.0 Å². The largest absolute Gasteiger partial charge is 0.456 e. The molecule has 30 heavy (non-hydrogen) atoms. The number of aromatic amines is 1. The second-order valence-electron chi connectivity index (χ2n) is 6.94. The van der Waals surface area contributed by atoms with E-state index >= 15 is 0 Å². The molecule has 0 amide bonds. The molecule has 2 aromatic rings. The Morgan fingerprint density at radius 3 is 2.90 bits per heavy atom. The van der Waals surface area contributed by atoms with Gasteiger partial charge in [-0.05, 0) is 24.1 Å². The van der Waals surface area contributed by atoms with Crippen molar-refractivity contribution in [3.05, 3.63) is 78.4 Å². The summed E-state index contributed by atoms with van der Waals surface area (Å²) in [7, 11) is 0. The van der Waals surface area contributed by atoms with Crippen molar-refractivity contribution in [3.8, 4) is 0 Å². The van der Waals surface area contributed by atoms with Gasteiger partial charge in [0.05, 0.1) is 18.2 Å². The van der Waals surface area contributed by atoms with Crippen molar-refractivity contribution in [3.63, 3.8) is 0 Å². The molecule has 2 heterocycles. The molecular formula is C19H21N5O6. The summed E-state index contributed by atoms with van der Waals surface area (Å²) in [6, 6.07) is 6.01. The van der Waals surface area contributed by atoms with Crippen LogP contribution in [0.3, 0.4) is 0 Å². The van der Waals surface area contributed by atoms with E-state index < -0.39 is 48.3 Å². The van der Waals surface area contributed by atoms with E-state index in [0.29, 0.717) is 11.1 Å². The summed E-state index contributed by atoms with van der Waals surface area (Å²) in [4.78, 5) is 41.5. The maximum absolute atomic E-state index is 12.8. The van der Waals surface area contributed by atoms with Crippen LogP contribution in [0.25, 0.3) is 10.4 Å². The van der Waals surface area contributed by atoms with Crippen LogP contribution in [-0.2, 0) is 9.47 Å². The first-order valence-electron chi connectivity index (χ1n) is 9.28. The number of H-pyrrole nitrogens is 1. The minimum atomic E-state index is -0.847. The summed E-state index contributed by atoms with van der Waals surface area (Å²) < 4.78 is 12.5. The first-order chi connectivity index (χ1) is 14.3. The van der Waals surface area contributed by atoms with Gasteiger partial charge >= 0.3 is 11.7 Å².